The van der Waals surface area contributed by atoms with E-state index < -0.39 is 35.4 Å². The van der Waals surface area contributed by atoms with Gasteiger partial charge in [0.05, 0.1) is 11.5 Å². The number of benzene rings is 1. The summed E-state index contributed by atoms with van der Waals surface area (Å²) in [5.74, 6) is -0.864. The first-order chi connectivity index (χ1) is 12.6. The van der Waals surface area contributed by atoms with Gasteiger partial charge in [0.1, 0.15) is 16.9 Å². The molecule has 1 aromatic carbocycles. The summed E-state index contributed by atoms with van der Waals surface area (Å²) < 4.78 is 22.5. The topological polar surface area (TPSA) is 92.0 Å². The Labute approximate surface area is 156 Å². The Kier molecular flexibility index (Phi) is 4.71. The minimum absolute atomic E-state index is 0.294. The Morgan fingerprint density at radius 2 is 1.81 bits per heavy atom. The average molecular weight is 374 g/mol. The molecule has 0 amide bonds. The number of ether oxygens (including phenoxy) is 3. The lowest BCUT2D eigenvalue weighted by atomic mass is 9.93. The van der Waals surface area contributed by atoms with Crippen molar-refractivity contribution in [3.63, 3.8) is 0 Å². The van der Waals surface area contributed by atoms with Gasteiger partial charge in [-0.15, -0.1) is 0 Å². The molecule has 0 saturated heterocycles. The third kappa shape index (κ3) is 3.54. The van der Waals surface area contributed by atoms with Crippen LogP contribution in [0.1, 0.15) is 46.3 Å². The molecule has 144 valence electrons. The Bertz CT molecular complexity index is 954. The Morgan fingerprint density at radius 3 is 2.44 bits per heavy atom. The van der Waals surface area contributed by atoms with Crippen LogP contribution in [-0.4, -0.2) is 23.6 Å². The fourth-order valence-electron chi connectivity index (χ4n) is 3.17. The van der Waals surface area contributed by atoms with Gasteiger partial charge in [0.25, 0.3) is 0 Å². The highest BCUT2D eigenvalue weighted by Gasteiger charge is 2.50. The van der Waals surface area contributed by atoms with Crippen molar-refractivity contribution in [3.05, 3.63) is 40.2 Å². The quantitative estimate of drug-likeness (QED) is 0.599. The maximum absolute atomic E-state index is 12.3. The van der Waals surface area contributed by atoms with E-state index in [1.165, 1.54) is 13.0 Å². The van der Waals surface area contributed by atoms with E-state index in [-0.39, 0.29) is 5.92 Å². The molecular weight excluding hydrogens is 352 g/mol. The monoisotopic (exact) mass is 374 g/mol. The van der Waals surface area contributed by atoms with Crippen LogP contribution in [0.5, 0.6) is 5.75 Å². The largest absolute Gasteiger partial charge is 0.481 e. The van der Waals surface area contributed by atoms with Crippen molar-refractivity contribution in [2.24, 2.45) is 5.92 Å². The maximum atomic E-state index is 12.3. The molecule has 2 aromatic rings. The Balaban J connectivity index is 2.15. The first kappa shape index (κ1) is 18.9. The molecule has 2 atom stereocenters. The Morgan fingerprint density at radius 1 is 1.15 bits per heavy atom. The summed E-state index contributed by atoms with van der Waals surface area (Å²) in [4.78, 5) is 35.6. The second kappa shape index (κ2) is 6.72. The summed E-state index contributed by atoms with van der Waals surface area (Å²) in [6.07, 6.45) is -1.69. The second-order valence-corrected chi connectivity index (χ2v) is 7.40. The van der Waals surface area contributed by atoms with Gasteiger partial charge >= 0.3 is 17.6 Å². The summed E-state index contributed by atoms with van der Waals surface area (Å²) in [6.45, 7) is 8.09. The molecule has 0 bridgehead atoms. The van der Waals surface area contributed by atoms with Crippen LogP contribution in [0.15, 0.2) is 33.5 Å². The Hall–Kier alpha value is -2.83. The van der Waals surface area contributed by atoms with E-state index in [0.29, 0.717) is 22.3 Å². The fraction of sp³-hybridized carbons (Fsp3) is 0.450. The zero-order valence-corrected chi connectivity index (χ0v) is 15.9. The molecule has 7 nitrogen and oxygen atoms in total. The number of hydrogen-bond donors (Lipinski definition) is 0. The standard InChI is InChI=1S/C20H22O7/c1-10(2)19(23)26-17-15-13(24-18(17)20(4,5)27-11(3)21)8-6-12-7-9-14(22)25-16(12)15/h6-10,17-18H,1-5H3/t17-,18-/m0/s1. The zero-order chi connectivity index (χ0) is 19.9. The molecule has 1 aromatic heterocycles. The molecule has 1 aliphatic rings. The SMILES string of the molecule is CC(=O)OC(C)(C)[C@H]1Oc2ccc3ccc(=O)oc3c2[C@@H]1OC(=O)C(C)C. The van der Waals surface area contributed by atoms with E-state index in [9.17, 15) is 14.4 Å². The maximum Gasteiger partial charge on any atom is 0.336 e. The molecule has 1 aliphatic heterocycles. The van der Waals surface area contributed by atoms with Gasteiger partial charge in [-0.1, -0.05) is 13.8 Å². The summed E-state index contributed by atoms with van der Waals surface area (Å²) in [5.41, 5.74) is -0.853. The van der Waals surface area contributed by atoms with Crippen molar-refractivity contribution in [3.8, 4) is 5.75 Å². The molecule has 0 radical (unpaired) electrons. The summed E-state index contributed by atoms with van der Waals surface area (Å²) in [7, 11) is 0. The lowest BCUT2D eigenvalue weighted by molar-refractivity contribution is -0.177. The normalized spacial score (nSPS) is 18.9. The van der Waals surface area contributed by atoms with E-state index in [1.54, 1.807) is 45.9 Å². The van der Waals surface area contributed by atoms with Crippen molar-refractivity contribution in [2.75, 3.05) is 0 Å². The first-order valence-corrected chi connectivity index (χ1v) is 8.73. The number of hydrogen-bond acceptors (Lipinski definition) is 7. The van der Waals surface area contributed by atoms with Gasteiger partial charge in [-0.05, 0) is 32.0 Å². The van der Waals surface area contributed by atoms with Gasteiger partial charge in [-0.25, -0.2) is 4.79 Å². The predicted octanol–water partition coefficient (Wildman–Crippen LogP) is 3.14. The molecule has 2 heterocycles. The number of carbonyl (C=O) groups is 2. The molecule has 3 rings (SSSR count). The molecule has 0 unspecified atom stereocenters. The van der Waals surface area contributed by atoms with Gasteiger partial charge in [0, 0.05) is 18.4 Å². The number of fused-ring (bicyclic) bond motifs is 3. The van der Waals surface area contributed by atoms with Crippen LogP contribution in [0.25, 0.3) is 11.0 Å². The third-order valence-electron chi connectivity index (χ3n) is 4.41. The highest BCUT2D eigenvalue weighted by molar-refractivity contribution is 5.84. The number of carbonyl (C=O) groups excluding carboxylic acids is 2. The van der Waals surface area contributed by atoms with Crippen LogP contribution in [-0.2, 0) is 19.1 Å². The van der Waals surface area contributed by atoms with Crippen molar-refractivity contribution >= 4 is 22.9 Å². The van der Waals surface area contributed by atoms with Gasteiger partial charge in [-0.2, -0.15) is 0 Å². The van der Waals surface area contributed by atoms with Gasteiger partial charge in [0.2, 0.25) is 0 Å². The number of rotatable bonds is 4. The van der Waals surface area contributed by atoms with Crippen LogP contribution < -0.4 is 10.4 Å². The molecule has 7 heteroatoms. The molecular formula is C20H22O7. The van der Waals surface area contributed by atoms with E-state index in [1.807, 2.05) is 0 Å². The van der Waals surface area contributed by atoms with E-state index in [4.69, 9.17) is 18.6 Å². The van der Waals surface area contributed by atoms with Crippen LogP contribution in [0.4, 0.5) is 0 Å². The first-order valence-electron chi connectivity index (χ1n) is 8.73. The highest BCUT2D eigenvalue weighted by atomic mass is 16.6. The lowest BCUT2D eigenvalue weighted by Gasteiger charge is -2.33. The third-order valence-corrected chi connectivity index (χ3v) is 4.41. The average Bonchev–Trinajstić information content (AvgIpc) is 2.93. The lowest BCUT2D eigenvalue weighted by Crippen LogP contribution is -2.46. The minimum atomic E-state index is -1.09. The number of esters is 2. The summed E-state index contributed by atoms with van der Waals surface area (Å²) >= 11 is 0. The van der Waals surface area contributed by atoms with Gasteiger partial charge in [0.15, 0.2) is 12.2 Å². The van der Waals surface area contributed by atoms with Crippen molar-refractivity contribution < 1.29 is 28.2 Å². The molecule has 0 saturated carbocycles. The molecule has 27 heavy (non-hydrogen) atoms. The molecule has 0 aliphatic carbocycles. The van der Waals surface area contributed by atoms with Gasteiger partial charge < -0.3 is 18.6 Å². The minimum Gasteiger partial charge on any atom is -0.481 e. The van der Waals surface area contributed by atoms with Crippen molar-refractivity contribution in [2.45, 2.75) is 52.4 Å². The van der Waals surface area contributed by atoms with Crippen molar-refractivity contribution in [1.82, 2.24) is 0 Å². The zero-order valence-electron chi connectivity index (χ0n) is 15.9. The molecule has 0 fully saturated rings. The summed E-state index contributed by atoms with van der Waals surface area (Å²) in [5, 5.41) is 0.675. The van der Waals surface area contributed by atoms with E-state index in [0.717, 1.165) is 0 Å². The van der Waals surface area contributed by atoms with Crippen LogP contribution in [0, 0.1) is 5.92 Å². The second-order valence-electron chi connectivity index (χ2n) is 7.40. The van der Waals surface area contributed by atoms with Gasteiger partial charge in [-0.3, -0.25) is 9.59 Å². The van der Waals surface area contributed by atoms with E-state index in [2.05, 4.69) is 0 Å². The van der Waals surface area contributed by atoms with Crippen LogP contribution >= 0.6 is 0 Å². The predicted molar refractivity (Wildman–Crippen MR) is 96.4 cm³/mol. The highest BCUT2D eigenvalue weighted by Crippen LogP contribution is 2.47. The van der Waals surface area contributed by atoms with Crippen LogP contribution in [0.2, 0.25) is 0 Å². The van der Waals surface area contributed by atoms with E-state index >= 15 is 0 Å². The van der Waals surface area contributed by atoms with Crippen molar-refractivity contribution in [1.29, 1.82) is 0 Å². The smallest absolute Gasteiger partial charge is 0.336 e. The molecule has 0 N–H and O–H groups in total. The molecule has 0 spiro atoms. The van der Waals surface area contributed by atoms with Crippen LogP contribution in [0.3, 0.4) is 0 Å². The summed E-state index contributed by atoms with van der Waals surface area (Å²) in [6, 6.07) is 6.42. The fourth-order valence-corrected chi connectivity index (χ4v) is 3.17.